The fourth-order valence-electron chi connectivity index (χ4n) is 3.42. The zero-order valence-corrected chi connectivity index (χ0v) is 15.4. The van der Waals surface area contributed by atoms with Gasteiger partial charge in [0.2, 0.25) is 0 Å². The minimum absolute atomic E-state index is 0.113. The van der Waals surface area contributed by atoms with Crippen LogP contribution in [0.5, 0.6) is 0 Å². The van der Waals surface area contributed by atoms with E-state index in [4.69, 9.17) is 0 Å². The number of amides is 3. The van der Waals surface area contributed by atoms with E-state index >= 15 is 0 Å². The Labute approximate surface area is 155 Å². The molecule has 0 unspecified atom stereocenters. The molecule has 136 valence electrons. The molecule has 7 nitrogen and oxygen atoms in total. The lowest BCUT2D eigenvalue weighted by molar-refractivity contribution is -0.134. The van der Waals surface area contributed by atoms with Gasteiger partial charge >= 0.3 is 6.03 Å². The zero-order valence-electron chi connectivity index (χ0n) is 13.7. The molecule has 4 rings (SSSR count). The molecule has 2 atom stereocenters. The third-order valence-corrected chi connectivity index (χ3v) is 7.92. The number of nitrogens with one attached hydrogen (secondary N) is 1. The van der Waals surface area contributed by atoms with Gasteiger partial charge in [0.25, 0.3) is 15.9 Å². The van der Waals surface area contributed by atoms with Crippen molar-refractivity contribution in [3.05, 3.63) is 53.4 Å². The largest absolute Gasteiger partial charge is 0.333 e. The number of urea groups is 1. The fourth-order valence-corrected chi connectivity index (χ4v) is 6.17. The summed E-state index contributed by atoms with van der Waals surface area (Å²) in [5, 5.41) is 4.48. The summed E-state index contributed by atoms with van der Waals surface area (Å²) in [5.74, 6) is -0.472. The highest BCUT2D eigenvalue weighted by atomic mass is 32.2. The Kier molecular flexibility index (Phi) is 4.29. The Morgan fingerprint density at radius 1 is 1.12 bits per heavy atom. The van der Waals surface area contributed by atoms with Crippen molar-refractivity contribution in [3.8, 4) is 0 Å². The van der Waals surface area contributed by atoms with Crippen molar-refractivity contribution in [1.29, 1.82) is 0 Å². The molecule has 1 N–H and O–H groups in total. The van der Waals surface area contributed by atoms with Crippen LogP contribution in [0.2, 0.25) is 0 Å². The predicted octanol–water partition coefficient (Wildman–Crippen LogP) is 1.63. The van der Waals surface area contributed by atoms with E-state index < -0.39 is 34.0 Å². The van der Waals surface area contributed by atoms with Crippen LogP contribution in [0, 0.1) is 0 Å². The molecule has 2 aliphatic heterocycles. The number of sulfonamides is 1. The average molecular weight is 391 g/mol. The molecular weight excluding hydrogens is 374 g/mol. The Morgan fingerprint density at radius 3 is 2.58 bits per heavy atom. The van der Waals surface area contributed by atoms with Gasteiger partial charge in [0.05, 0.1) is 12.6 Å². The third-order valence-electron chi connectivity index (χ3n) is 4.67. The van der Waals surface area contributed by atoms with Crippen LogP contribution in [0.4, 0.5) is 4.79 Å². The van der Waals surface area contributed by atoms with E-state index in [1.807, 2.05) is 30.3 Å². The summed E-state index contributed by atoms with van der Waals surface area (Å²) >= 11 is 1.12. The van der Waals surface area contributed by atoms with Gasteiger partial charge in [0.1, 0.15) is 10.3 Å². The molecule has 0 bridgehead atoms. The second-order valence-electron chi connectivity index (χ2n) is 6.25. The van der Waals surface area contributed by atoms with Crippen molar-refractivity contribution in [2.45, 2.75) is 29.3 Å². The average Bonchev–Trinajstić information content (AvgIpc) is 3.29. The van der Waals surface area contributed by atoms with E-state index in [0.717, 1.165) is 21.8 Å². The summed E-state index contributed by atoms with van der Waals surface area (Å²) in [6.45, 7) is 0.322. The number of carbonyl (C=O) groups excluding carboxylic acids is 2. The maximum Gasteiger partial charge on any atom is 0.324 e. The van der Waals surface area contributed by atoms with Crippen LogP contribution in [-0.2, 0) is 21.4 Å². The van der Waals surface area contributed by atoms with E-state index in [-0.39, 0.29) is 17.3 Å². The summed E-state index contributed by atoms with van der Waals surface area (Å²) < 4.78 is 27.2. The van der Waals surface area contributed by atoms with E-state index in [1.165, 1.54) is 10.4 Å². The first-order chi connectivity index (χ1) is 12.5. The molecule has 2 fully saturated rings. The first-order valence-electron chi connectivity index (χ1n) is 8.19. The first kappa shape index (κ1) is 17.2. The number of fused-ring (bicyclic) bond motifs is 1. The van der Waals surface area contributed by atoms with Crippen molar-refractivity contribution in [2.24, 2.45) is 0 Å². The maximum atomic E-state index is 13.0. The highest BCUT2D eigenvalue weighted by Crippen LogP contribution is 2.32. The van der Waals surface area contributed by atoms with Gasteiger partial charge in [0.15, 0.2) is 0 Å². The van der Waals surface area contributed by atoms with Gasteiger partial charge in [-0.05, 0) is 23.4 Å². The monoisotopic (exact) mass is 391 g/mol. The predicted molar refractivity (Wildman–Crippen MR) is 95.9 cm³/mol. The smallest absolute Gasteiger partial charge is 0.324 e. The van der Waals surface area contributed by atoms with Crippen LogP contribution >= 0.6 is 11.3 Å². The summed E-state index contributed by atoms with van der Waals surface area (Å²) in [6.07, 6.45) is 0.423. The van der Waals surface area contributed by atoms with Gasteiger partial charge in [-0.2, -0.15) is 4.31 Å². The second kappa shape index (κ2) is 6.49. The van der Waals surface area contributed by atoms with Gasteiger partial charge < -0.3 is 5.32 Å². The number of hydrogen-bond donors (Lipinski definition) is 1. The number of thiophene rings is 1. The Morgan fingerprint density at radius 2 is 1.88 bits per heavy atom. The van der Waals surface area contributed by atoms with Crippen LogP contribution < -0.4 is 5.32 Å². The molecule has 1 aromatic heterocycles. The van der Waals surface area contributed by atoms with Gasteiger partial charge in [-0.1, -0.05) is 36.4 Å². The highest BCUT2D eigenvalue weighted by molar-refractivity contribution is 7.91. The minimum atomic E-state index is -3.76. The molecule has 2 aliphatic rings. The lowest BCUT2D eigenvalue weighted by Gasteiger charge is -2.36. The highest BCUT2D eigenvalue weighted by Gasteiger charge is 2.52. The second-order valence-corrected chi connectivity index (χ2v) is 9.31. The number of nitrogens with zero attached hydrogens (tertiary/aromatic N) is 2. The van der Waals surface area contributed by atoms with Gasteiger partial charge in [0, 0.05) is 6.54 Å². The summed E-state index contributed by atoms with van der Waals surface area (Å²) in [6, 6.07) is 10.5. The summed E-state index contributed by atoms with van der Waals surface area (Å²) in [7, 11) is -3.76. The van der Waals surface area contributed by atoms with Crippen molar-refractivity contribution < 1.29 is 18.0 Å². The number of hydrogen-bond acceptors (Lipinski definition) is 5. The SMILES string of the molecule is O=C1N[C@@H]2CCN(S(=O)(=O)c3cccs3)[C@H]2C(=O)N1Cc1ccccc1. The van der Waals surface area contributed by atoms with Gasteiger partial charge in [-0.15, -0.1) is 11.3 Å². The van der Waals surface area contributed by atoms with Crippen LogP contribution in [-0.4, -0.2) is 48.2 Å². The van der Waals surface area contributed by atoms with Crippen molar-refractivity contribution in [1.82, 2.24) is 14.5 Å². The van der Waals surface area contributed by atoms with Crippen molar-refractivity contribution in [3.63, 3.8) is 0 Å². The molecule has 9 heteroatoms. The van der Waals surface area contributed by atoms with Gasteiger partial charge in [-0.25, -0.2) is 13.2 Å². The summed E-state index contributed by atoms with van der Waals surface area (Å²) in [4.78, 5) is 26.5. The van der Waals surface area contributed by atoms with Crippen LogP contribution in [0.1, 0.15) is 12.0 Å². The molecule has 2 saturated heterocycles. The first-order valence-corrected chi connectivity index (χ1v) is 10.5. The standard InChI is InChI=1S/C17H17N3O4S2/c21-16-15-13(8-9-20(15)26(23,24)14-7-4-10-25-14)18-17(22)19(16)11-12-5-2-1-3-6-12/h1-7,10,13,15H,8-9,11H2,(H,18,22)/t13-,15-/m1/s1. The minimum Gasteiger partial charge on any atom is -0.333 e. The Hall–Kier alpha value is -2.23. The fraction of sp³-hybridized carbons (Fsp3) is 0.294. The van der Waals surface area contributed by atoms with Crippen LogP contribution in [0.3, 0.4) is 0 Å². The summed E-state index contributed by atoms with van der Waals surface area (Å²) in [5.41, 5.74) is 0.806. The molecule has 0 saturated carbocycles. The Bertz CT molecular complexity index is 928. The van der Waals surface area contributed by atoms with Crippen LogP contribution in [0.25, 0.3) is 0 Å². The lowest BCUT2D eigenvalue weighted by atomic mass is 10.1. The number of carbonyl (C=O) groups is 2. The molecule has 3 amide bonds. The van der Waals surface area contributed by atoms with E-state index in [1.54, 1.807) is 11.4 Å². The molecule has 2 aromatic rings. The number of rotatable bonds is 4. The van der Waals surface area contributed by atoms with E-state index in [2.05, 4.69) is 5.32 Å². The molecule has 3 heterocycles. The van der Waals surface area contributed by atoms with Crippen molar-refractivity contribution >= 4 is 33.3 Å². The molecule has 0 spiro atoms. The molecule has 1 aromatic carbocycles. The van der Waals surface area contributed by atoms with E-state index in [9.17, 15) is 18.0 Å². The van der Waals surface area contributed by atoms with E-state index in [0.29, 0.717) is 6.42 Å². The van der Waals surface area contributed by atoms with Crippen LogP contribution in [0.15, 0.2) is 52.1 Å². The zero-order chi connectivity index (χ0) is 18.3. The normalized spacial score (nSPS) is 23.8. The molecule has 0 aliphatic carbocycles. The van der Waals surface area contributed by atoms with Gasteiger partial charge in [-0.3, -0.25) is 9.69 Å². The molecular formula is C17H17N3O4S2. The number of benzene rings is 1. The maximum absolute atomic E-state index is 13.0. The molecule has 26 heavy (non-hydrogen) atoms. The lowest BCUT2D eigenvalue weighted by Crippen LogP contribution is -2.64. The Balaban J connectivity index is 1.63. The quantitative estimate of drug-likeness (QED) is 0.858. The van der Waals surface area contributed by atoms with Crippen molar-refractivity contribution in [2.75, 3.05) is 6.54 Å². The topological polar surface area (TPSA) is 86.8 Å². The number of imide groups is 1. The third kappa shape index (κ3) is 2.81. The molecule has 0 radical (unpaired) electrons.